The van der Waals surface area contributed by atoms with Crippen LogP contribution in [0.1, 0.15) is 44.7 Å². The first-order chi connectivity index (χ1) is 12.0. The predicted octanol–water partition coefficient (Wildman–Crippen LogP) is 1.76. The molecule has 0 radical (unpaired) electrons. The predicted molar refractivity (Wildman–Crippen MR) is 102 cm³/mol. The SMILES string of the molecule is O=S(=O)(O)CCCCCCCc1ccc(OCc2ccccc2)cc1.[H-].[Na+]. The van der Waals surface area contributed by atoms with E-state index in [0.29, 0.717) is 13.0 Å². The Hall–Kier alpha value is -0.850. The number of benzene rings is 2. The largest absolute Gasteiger partial charge is 1.00 e. The normalized spacial score (nSPS) is 11.0. The fourth-order valence-corrected chi connectivity index (χ4v) is 3.21. The van der Waals surface area contributed by atoms with Gasteiger partial charge < -0.3 is 6.16 Å². The average Bonchev–Trinajstić information content (AvgIpc) is 2.60. The van der Waals surface area contributed by atoms with Crippen molar-refractivity contribution in [3.8, 4) is 5.75 Å². The maximum Gasteiger partial charge on any atom is 1.00 e. The summed E-state index contributed by atoms with van der Waals surface area (Å²) in [6.45, 7) is 0.573. The maximum absolute atomic E-state index is 10.6. The van der Waals surface area contributed by atoms with Gasteiger partial charge in [-0.05, 0) is 42.5 Å². The number of ether oxygens (including phenoxy) is 1. The summed E-state index contributed by atoms with van der Waals surface area (Å²) < 4.78 is 35.6. The van der Waals surface area contributed by atoms with Crippen LogP contribution in [0.25, 0.3) is 0 Å². The summed E-state index contributed by atoms with van der Waals surface area (Å²) in [6.07, 6.45) is 5.53. The van der Waals surface area contributed by atoms with Gasteiger partial charge in [-0.15, -0.1) is 0 Å². The Morgan fingerprint density at radius 1 is 0.808 bits per heavy atom. The Labute approximate surface area is 180 Å². The van der Waals surface area contributed by atoms with Gasteiger partial charge in [0.25, 0.3) is 10.1 Å². The fourth-order valence-electron chi connectivity index (χ4n) is 2.64. The molecule has 2 aromatic carbocycles. The van der Waals surface area contributed by atoms with Crippen LogP contribution in [0.2, 0.25) is 0 Å². The minimum atomic E-state index is -3.80. The van der Waals surface area contributed by atoms with Crippen LogP contribution >= 0.6 is 0 Å². The van der Waals surface area contributed by atoms with Gasteiger partial charge in [-0.3, -0.25) is 4.55 Å². The molecule has 0 spiro atoms. The molecule has 0 aliphatic carbocycles. The van der Waals surface area contributed by atoms with Crippen LogP contribution in [0.5, 0.6) is 5.75 Å². The van der Waals surface area contributed by atoms with Crippen molar-refractivity contribution in [1.29, 1.82) is 0 Å². The van der Waals surface area contributed by atoms with Crippen molar-refractivity contribution in [3.63, 3.8) is 0 Å². The van der Waals surface area contributed by atoms with Crippen LogP contribution in [-0.2, 0) is 23.1 Å². The Morgan fingerprint density at radius 2 is 1.42 bits per heavy atom. The van der Waals surface area contributed by atoms with E-state index in [1.54, 1.807) is 0 Å². The van der Waals surface area contributed by atoms with Crippen molar-refractivity contribution in [2.75, 3.05) is 5.75 Å². The molecule has 138 valence electrons. The second kappa shape index (κ2) is 12.5. The van der Waals surface area contributed by atoms with E-state index in [2.05, 4.69) is 12.1 Å². The van der Waals surface area contributed by atoms with Gasteiger partial charge >= 0.3 is 29.6 Å². The number of aryl methyl sites for hydroxylation is 1. The summed E-state index contributed by atoms with van der Waals surface area (Å²) in [6, 6.07) is 18.3. The summed E-state index contributed by atoms with van der Waals surface area (Å²) in [5.74, 6) is 0.745. The summed E-state index contributed by atoms with van der Waals surface area (Å²) >= 11 is 0. The molecule has 6 heteroatoms. The molecule has 0 heterocycles. The van der Waals surface area contributed by atoms with E-state index in [9.17, 15) is 8.42 Å². The van der Waals surface area contributed by atoms with Gasteiger partial charge in [0.05, 0.1) is 5.75 Å². The summed E-state index contributed by atoms with van der Waals surface area (Å²) in [4.78, 5) is 0. The van der Waals surface area contributed by atoms with Crippen LogP contribution in [0, 0.1) is 0 Å². The molecule has 2 aromatic rings. The van der Waals surface area contributed by atoms with Crippen molar-refractivity contribution in [3.05, 3.63) is 65.7 Å². The van der Waals surface area contributed by atoms with E-state index >= 15 is 0 Å². The Morgan fingerprint density at radius 3 is 2.08 bits per heavy atom. The van der Waals surface area contributed by atoms with Gasteiger partial charge in [0.15, 0.2) is 0 Å². The Kier molecular flexibility index (Phi) is 11.2. The van der Waals surface area contributed by atoms with Gasteiger partial charge in [0.2, 0.25) is 0 Å². The molecule has 4 nitrogen and oxygen atoms in total. The van der Waals surface area contributed by atoms with E-state index in [0.717, 1.165) is 43.4 Å². The van der Waals surface area contributed by atoms with E-state index < -0.39 is 10.1 Å². The van der Waals surface area contributed by atoms with Crippen LogP contribution in [0.4, 0.5) is 0 Å². The van der Waals surface area contributed by atoms with E-state index in [-0.39, 0.29) is 36.7 Å². The zero-order valence-electron chi connectivity index (χ0n) is 16.4. The maximum atomic E-state index is 10.6. The third-order valence-electron chi connectivity index (χ3n) is 4.04. The standard InChI is InChI=1S/C20H26O4S.Na.H/c21-25(22,23)16-8-3-1-2-5-9-18-12-14-20(15-13-18)24-17-19-10-6-4-7-11-19;;/h4,6-7,10-15H,1-3,5,8-9,16-17H2,(H,21,22,23);;/q;+1;-1. The number of hydrogen-bond acceptors (Lipinski definition) is 3. The van der Waals surface area contributed by atoms with E-state index in [1.165, 1.54) is 5.56 Å². The zero-order chi connectivity index (χ0) is 18.0. The number of rotatable bonds is 11. The van der Waals surface area contributed by atoms with Crippen molar-refractivity contribution in [2.24, 2.45) is 0 Å². The molecule has 0 fully saturated rings. The van der Waals surface area contributed by atoms with Crippen molar-refractivity contribution < 1.29 is 48.7 Å². The topological polar surface area (TPSA) is 63.6 Å². The second-order valence-electron chi connectivity index (χ2n) is 6.22. The molecular formula is C20H27NaO4S. The van der Waals surface area contributed by atoms with Gasteiger partial charge in [-0.1, -0.05) is 61.7 Å². The van der Waals surface area contributed by atoms with Crippen molar-refractivity contribution in [1.82, 2.24) is 0 Å². The van der Waals surface area contributed by atoms with Crippen molar-refractivity contribution >= 4 is 10.1 Å². The molecule has 0 saturated heterocycles. The van der Waals surface area contributed by atoms with Gasteiger partial charge in [0, 0.05) is 0 Å². The first kappa shape index (κ1) is 23.2. The molecule has 26 heavy (non-hydrogen) atoms. The minimum Gasteiger partial charge on any atom is -1.00 e. The summed E-state index contributed by atoms with van der Waals surface area (Å²) in [5, 5.41) is 0. The molecule has 2 rings (SSSR count). The molecule has 0 aromatic heterocycles. The third-order valence-corrected chi connectivity index (χ3v) is 4.84. The molecule has 0 aliphatic heterocycles. The van der Waals surface area contributed by atoms with Gasteiger partial charge in [-0.2, -0.15) is 8.42 Å². The smallest absolute Gasteiger partial charge is 1.00 e. The Balaban J connectivity index is 0.00000338. The average molecular weight is 386 g/mol. The third kappa shape index (κ3) is 10.3. The summed E-state index contributed by atoms with van der Waals surface area (Å²) in [7, 11) is -3.80. The molecule has 0 aliphatic rings. The Bertz CT molecular complexity index is 721. The molecule has 0 bridgehead atoms. The minimum absolute atomic E-state index is 0. The van der Waals surface area contributed by atoms with Gasteiger partial charge in [-0.25, -0.2) is 0 Å². The van der Waals surface area contributed by atoms with Crippen LogP contribution in [0.3, 0.4) is 0 Å². The fraction of sp³-hybridized carbons (Fsp3) is 0.400. The molecule has 0 saturated carbocycles. The van der Waals surface area contributed by atoms with Crippen LogP contribution < -0.4 is 34.3 Å². The molecule has 1 N–H and O–H groups in total. The van der Waals surface area contributed by atoms with Crippen LogP contribution in [-0.4, -0.2) is 18.7 Å². The summed E-state index contributed by atoms with van der Waals surface area (Å²) in [5.41, 5.74) is 2.44. The quantitative estimate of drug-likeness (QED) is 0.363. The molecule has 0 amide bonds. The first-order valence-electron chi connectivity index (χ1n) is 8.74. The number of hydrogen-bond donors (Lipinski definition) is 1. The van der Waals surface area contributed by atoms with Gasteiger partial charge in [0.1, 0.15) is 12.4 Å². The molecular weight excluding hydrogens is 359 g/mol. The van der Waals surface area contributed by atoms with Crippen molar-refractivity contribution in [2.45, 2.75) is 45.1 Å². The molecule has 0 unspecified atom stereocenters. The first-order valence-corrected chi connectivity index (χ1v) is 10.3. The van der Waals surface area contributed by atoms with E-state index in [1.807, 2.05) is 42.5 Å². The zero-order valence-corrected chi connectivity index (χ0v) is 18.2. The monoisotopic (exact) mass is 386 g/mol. The molecule has 0 atom stereocenters. The second-order valence-corrected chi connectivity index (χ2v) is 7.79. The van der Waals surface area contributed by atoms with E-state index in [4.69, 9.17) is 9.29 Å². The van der Waals surface area contributed by atoms with Crippen LogP contribution in [0.15, 0.2) is 54.6 Å². The number of unbranched alkanes of at least 4 members (excludes halogenated alkanes) is 4.